The molecule has 0 aliphatic carbocycles. The van der Waals surface area contributed by atoms with E-state index >= 15 is 0 Å². The fraction of sp³-hybridized carbons (Fsp3) is 0.130. The van der Waals surface area contributed by atoms with E-state index in [9.17, 15) is 13.2 Å². The maximum atomic E-state index is 13.2. The van der Waals surface area contributed by atoms with Crippen molar-refractivity contribution in [1.29, 1.82) is 0 Å². The second-order valence-corrected chi connectivity index (χ2v) is 8.60. The summed E-state index contributed by atoms with van der Waals surface area (Å²) in [5.74, 6) is 0.326. The predicted octanol–water partition coefficient (Wildman–Crippen LogP) is 3.34. The van der Waals surface area contributed by atoms with E-state index in [1.54, 1.807) is 30.3 Å². The van der Waals surface area contributed by atoms with Gasteiger partial charge in [0, 0.05) is 11.1 Å². The number of carbonyl (C=O) groups is 1. The normalized spacial score (nSPS) is 14.4. The van der Waals surface area contributed by atoms with E-state index in [4.69, 9.17) is 9.47 Å². The second kappa shape index (κ2) is 8.23. The third kappa shape index (κ3) is 3.77. The predicted molar refractivity (Wildman–Crippen MR) is 116 cm³/mol. The Balaban J connectivity index is 1.79. The summed E-state index contributed by atoms with van der Waals surface area (Å²) in [5, 5.41) is 4.38. The molecule has 0 atom stereocenters. The number of ketones is 1. The number of ether oxygens (including phenoxy) is 2. The van der Waals surface area contributed by atoms with Crippen molar-refractivity contribution < 1.29 is 22.7 Å². The Hall–Kier alpha value is -3.65. The van der Waals surface area contributed by atoms with Crippen LogP contribution in [0.25, 0.3) is 0 Å². The highest BCUT2D eigenvalue weighted by Crippen LogP contribution is 2.30. The number of methoxy groups -OCH3 is 2. The Morgan fingerprint density at radius 2 is 1.65 bits per heavy atom. The molecule has 8 heteroatoms. The van der Waals surface area contributed by atoms with Crippen molar-refractivity contribution in [2.24, 2.45) is 5.10 Å². The van der Waals surface area contributed by atoms with E-state index in [0.717, 1.165) is 9.98 Å². The summed E-state index contributed by atoms with van der Waals surface area (Å²) in [6.45, 7) is -0.476. The van der Waals surface area contributed by atoms with Crippen LogP contribution in [0.4, 0.5) is 0 Å². The van der Waals surface area contributed by atoms with Gasteiger partial charge in [-0.05, 0) is 24.3 Å². The topological polar surface area (TPSA) is 85.3 Å². The lowest BCUT2D eigenvalue weighted by Gasteiger charge is -2.27. The average molecular weight is 436 g/mol. The summed E-state index contributed by atoms with van der Waals surface area (Å²) in [6.07, 6.45) is 0. The largest absolute Gasteiger partial charge is 0.497 e. The molecule has 0 bridgehead atoms. The van der Waals surface area contributed by atoms with Crippen LogP contribution in [0.2, 0.25) is 0 Å². The van der Waals surface area contributed by atoms with Crippen molar-refractivity contribution in [3.8, 4) is 11.5 Å². The fourth-order valence-corrected chi connectivity index (χ4v) is 4.79. The lowest BCUT2D eigenvalue weighted by Crippen LogP contribution is -2.37. The molecule has 7 nitrogen and oxygen atoms in total. The van der Waals surface area contributed by atoms with E-state index in [-0.39, 0.29) is 10.5 Å². The number of hydrogen-bond donors (Lipinski definition) is 0. The number of rotatable bonds is 6. The van der Waals surface area contributed by atoms with Crippen molar-refractivity contribution in [2.75, 3.05) is 20.8 Å². The van der Waals surface area contributed by atoms with Crippen LogP contribution in [0.3, 0.4) is 0 Å². The van der Waals surface area contributed by atoms with E-state index in [0.29, 0.717) is 22.8 Å². The molecule has 1 aliphatic heterocycles. The molecule has 4 rings (SSSR count). The van der Waals surface area contributed by atoms with Gasteiger partial charge in [-0.1, -0.05) is 48.5 Å². The molecular formula is C23H20N2O5S. The van der Waals surface area contributed by atoms with Gasteiger partial charge in [0.2, 0.25) is 0 Å². The maximum absolute atomic E-state index is 13.2. The van der Waals surface area contributed by atoms with Gasteiger partial charge in [0.15, 0.2) is 5.78 Å². The number of hydrazone groups is 1. The van der Waals surface area contributed by atoms with Crippen molar-refractivity contribution in [3.05, 3.63) is 89.5 Å². The molecule has 0 aromatic heterocycles. The Bertz CT molecular complexity index is 1270. The zero-order valence-corrected chi connectivity index (χ0v) is 17.8. The van der Waals surface area contributed by atoms with Gasteiger partial charge in [-0.3, -0.25) is 4.79 Å². The number of benzene rings is 3. The smallest absolute Gasteiger partial charge is 0.280 e. The van der Waals surface area contributed by atoms with Crippen LogP contribution in [-0.4, -0.2) is 45.1 Å². The van der Waals surface area contributed by atoms with Gasteiger partial charge < -0.3 is 9.47 Å². The zero-order chi connectivity index (χ0) is 22.0. The molecule has 0 unspecified atom stereocenters. The van der Waals surface area contributed by atoms with E-state index in [2.05, 4.69) is 5.10 Å². The molecular weight excluding hydrogens is 416 g/mol. The molecule has 0 N–H and O–H groups in total. The summed E-state index contributed by atoms with van der Waals surface area (Å²) in [6, 6.07) is 20.7. The maximum Gasteiger partial charge on any atom is 0.280 e. The lowest BCUT2D eigenvalue weighted by atomic mass is 10.0. The first-order chi connectivity index (χ1) is 15.0. The number of sulfonamides is 1. The van der Waals surface area contributed by atoms with Gasteiger partial charge in [0.25, 0.3) is 10.0 Å². The van der Waals surface area contributed by atoms with Crippen LogP contribution >= 0.6 is 0 Å². The molecule has 0 saturated carbocycles. The molecule has 158 valence electrons. The Morgan fingerprint density at radius 3 is 2.35 bits per heavy atom. The molecule has 0 amide bonds. The quantitative estimate of drug-likeness (QED) is 0.553. The minimum atomic E-state index is -4.01. The highest BCUT2D eigenvalue weighted by atomic mass is 32.2. The van der Waals surface area contributed by atoms with Gasteiger partial charge in [-0.2, -0.15) is 17.9 Å². The molecule has 0 saturated heterocycles. The molecule has 0 fully saturated rings. The number of Topliss-reactive ketones (excluding diaryl/α,β-unsaturated/α-hetero) is 1. The van der Waals surface area contributed by atoms with Crippen molar-refractivity contribution in [2.45, 2.75) is 4.90 Å². The SMILES string of the molecule is COc1ccc(OC)c(C(=O)CN2N=C(c3ccccc3)c3ccccc3S2(=O)=O)c1. The van der Waals surface area contributed by atoms with Gasteiger partial charge in [0.1, 0.15) is 23.8 Å². The van der Waals surface area contributed by atoms with Crippen LogP contribution < -0.4 is 9.47 Å². The highest BCUT2D eigenvalue weighted by molar-refractivity contribution is 7.89. The van der Waals surface area contributed by atoms with Crippen LogP contribution in [0.1, 0.15) is 21.5 Å². The fourth-order valence-electron chi connectivity index (χ4n) is 3.39. The monoisotopic (exact) mass is 436 g/mol. The summed E-state index contributed by atoms with van der Waals surface area (Å²) in [5.41, 5.74) is 1.95. The van der Waals surface area contributed by atoms with Gasteiger partial charge in [-0.15, -0.1) is 0 Å². The lowest BCUT2D eigenvalue weighted by molar-refractivity contribution is 0.0964. The molecule has 1 heterocycles. The van der Waals surface area contributed by atoms with Crippen LogP contribution in [0.15, 0.2) is 82.8 Å². The highest BCUT2D eigenvalue weighted by Gasteiger charge is 2.34. The third-order valence-electron chi connectivity index (χ3n) is 4.94. The minimum absolute atomic E-state index is 0.106. The van der Waals surface area contributed by atoms with E-state index in [1.165, 1.54) is 26.4 Å². The first-order valence-corrected chi connectivity index (χ1v) is 10.9. The molecule has 0 spiro atoms. The third-order valence-corrected chi connectivity index (χ3v) is 6.62. The van der Waals surface area contributed by atoms with Crippen LogP contribution in [0, 0.1) is 0 Å². The number of hydrogen-bond acceptors (Lipinski definition) is 6. The van der Waals surface area contributed by atoms with Gasteiger partial charge in [0.05, 0.1) is 24.7 Å². The molecule has 31 heavy (non-hydrogen) atoms. The molecule has 0 radical (unpaired) electrons. The van der Waals surface area contributed by atoms with E-state index in [1.807, 2.05) is 30.3 Å². The Kier molecular flexibility index (Phi) is 5.48. The first-order valence-electron chi connectivity index (χ1n) is 9.47. The number of nitrogens with zero attached hydrogens (tertiary/aromatic N) is 2. The van der Waals surface area contributed by atoms with Crippen LogP contribution in [0.5, 0.6) is 11.5 Å². The minimum Gasteiger partial charge on any atom is -0.497 e. The first kappa shape index (κ1) is 20.6. The van der Waals surface area contributed by atoms with Gasteiger partial charge >= 0.3 is 0 Å². The molecule has 3 aromatic rings. The average Bonchev–Trinajstić information content (AvgIpc) is 2.81. The Morgan fingerprint density at radius 1 is 0.935 bits per heavy atom. The van der Waals surface area contributed by atoms with E-state index < -0.39 is 22.4 Å². The van der Waals surface area contributed by atoms with Crippen LogP contribution in [-0.2, 0) is 10.0 Å². The molecule has 3 aromatic carbocycles. The summed E-state index contributed by atoms with van der Waals surface area (Å²) >= 11 is 0. The number of carbonyl (C=O) groups excluding carboxylic acids is 1. The Labute approximate surface area is 180 Å². The summed E-state index contributed by atoms with van der Waals surface area (Å²) in [7, 11) is -1.08. The number of fused-ring (bicyclic) bond motifs is 1. The standard InChI is InChI=1S/C23H20N2O5S/c1-29-17-12-13-21(30-2)19(14-17)20(26)15-25-24-23(16-8-4-3-5-9-16)18-10-6-7-11-22(18)31(25,27)28/h3-14H,15H2,1-2H3. The van der Waals surface area contributed by atoms with Crippen molar-refractivity contribution in [3.63, 3.8) is 0 Å². The van der Waals surface area contributed by atoms with Gasteiger partial charge in [-0.25, -0.2) is 0 Å². The van der Waals surface area contributed by atoms with Crippen molar-refractivity contribution in [1.82, 2.24) is 4.41 Å². The second-order valence-electron chi connectivity index (χ2n) is 6.79. The molecule has 1 aliphatic rings. The summed E-state index contributed by atoms with van der Waals surface area (Å²) in [4.78, 5) is 13.2. The van der Waals surface area contributed by atoms with Crippen molar-refractivity contribution >= 4 is 21.5 Å². The summed E-state index contributed by atoms with van der Waals surface area (Å²) < 4.78 is 37.8. The zero-order valence-electron chi connectivity index (χ0n) is 17.0.